The molecule has 1 aliphatic heterocycles. The van der Waals surface area contributed by atoms with Gasteiger partial charge in [0, 0.05) is 6.61 Å². The highest BCUT2D eigenvalue weighted by Gasteiger charge is 2.32. The highest BCUT2D eigenvalue weighted by Crippen LogP contribution is 2.35. The molecular formula is C17H20O2. The largest absolute Gasteiger partial charge is 0.386 e. The Morgan fingerprint density at radius 1 is 1.16 bits per heavy atom. The van der Waals surface area contributed by atoms with Gasteiger partial charge in [-0.3, -0.25) is 0 Å². The van der Waals surface area contributed by atoms with Crippen molar-refractivity contribution in [1.82, 2.24) is 0 Å². The first-order chi connectivity index (χ1) is 9.18. The van der Waals surface area contributed by atoms with E-state index in [1.165, 1.54) is 10.9 Å². The van der Waals surface area contributed by atoms with Gasteiger partial charge in [0.25, 0.3) is 0 Å². The summed E-state index contributed by atoms with van der Waals surface area (Å²) in [5.74, 6) is 0.412. The number of hydrogen-bond donors (Lipinski definition) is 1. The Bertz CT molecular complexity index is 591. The SMILES string of the molecule is Cc1ccc(C(O)C2OCCC2C)c2ccccc12. The van der Waals surface area contributed by atoms with E-state index >= 15 is 0 Å². The topological polar surface area (TPSA) is 29.5 Å². The summed E-state index contributed by atoms with van der Waals surface area (Å²) in [6.45, 7) is 5.01. The molecule has 2 aromatic rings. The number of aliphatic hydroxyl groups is 1. The van der Waals surface area contributed by atoms with Gasteiger partial charge in [0.05, 0.1) is 6.10 Å². The molecule has 0 saturated carbocycles. The molecule has 1 heterocycles. The summed E-state index contributed by atoms with van der Waals surface area (Å²) < 4.78 is 5.71. The van der Waals surface area contributed by atoms with Crippen molar-refractivity contribution < 1.29 is 9.84 Å². The average molecular weight is 256 g/mol. The molecule has 1 fully saturated rings. The van der Waals surface area contributed by atoms with Crippen LogP contribution in [0.1, 0.15) is 30.6 Å². The Hall–Kier alpha value is -1.38. The third kappa shape index (κ3) is 2.15. The highest BCUT2D eigenvalue weighted by molar-refractivity contribution is 5.88. The quantitative estimate of drug-likeness (QED) is 0.889. The molecule has 3 atom stereocenters. The Kier molecular flexibility index (Phi) is 3.29. The second-order valence-electron chi connectivity index (χ2n) is 5.56. The fourth-order valence-corrected chi connectivity index (χ4v) is 3.03. The first-order valence-electron chi connectivity index (χ1n) is 6.96. The molecule has 0 radical (unpaired) electrons. The molecule has 0 spiro atoms. The summed E-state index contributed by atoms with van der Waals surface area (Å²) in [4.78, 5) is 0. The van der Waals surface area contributed by atoms with Crippen LogP contribution in [0.2, 0.25) is 0 Å². The number of hydrogen-bond acceptors (Lipinski definition) is 2. The summed E-state index contributed by atoms with van der Waals surface area (Å²) in [5.41, 5.74) is 2.23. The van der Waals surface area contributed by atoms with Gasteiger partial charge >= 0.3 is 0 Å². The summed E-state index contributed by atoms with van der Waals surface area (Å²) in [6.07, 6.45) is 0.417. The van der Waals surface area contributed by atoms with Crippen LogP contribution in [0, 0.1) is 12.8 Å². The predicted molar refractivity (Wildman–Crippen MR) is 77.2 cm³/mol. The van der Waals surface area contributed by atoms with Crippen molar-refractivity contribution in [3.8, 4) is 0 Å². The molecule has 100 valence electrons. The lowest BCUT2D eigenvalue weighted by atomic mass is 9.90. The number of aryl methyl sites for hydroxylation is 1. The fourth-order valence-electron chi connectivity index (χ4n) is 3.03. The van der Waals surface area contributed by atoms with Crippen molar-refractivity contribution in [2.75, 3.05) is 6.61 Å². The Morgan fingerprint density at radius 3 is 2.58 bits per heavy atom. The molecule has 1 aliphatic rings. The van der Waals surface area contributed by atoms with Gasteiger partial charge in [-0.2, -0.15) is 0 Å². The fraction of sp³-hybridized carbons (Fsp3) is 0.412. The van der Waals surface area contributed by atoms with Gasteiger partial charge in [-0.05, 0) is 41.2 Å². The van der Waals surface area contributed by atoms with E-state index in [4.69, 9.17) is 4.74 Å². The second kappa shape index (κ2) is 4.95. The van der Waals surface area contributed by atoms with Gasteiger partial charge in [0.15, 0.2) is 0 Å². The van der Waals surface area contributed by atoms with Crippen LogP contribution in [0.3, 0.4) is 0 Å². The highest BCUT2D eigenvalue weighted by atomic mass is 16.5. The van der Waals surface area contributed by atoms with Crippen LogP contribution in [0.4, 0.5) is 0 Å². The molecule has 2 aromatic carbocycles. The molecule has 2 nitrogen and oxygen atoms in total. The van der Waals surface area contributed by atoms with Crippen molar-refractivity contribution in [2.45, 2.75) is 32.5 Å². The molecule has 2 heteroatoms. The summed E-state index contributed by atoms with van der Waals surface area (Å²) in [7, 11) is 0. The number of fused-ring (bicyclic) bond motifs is 1. The van der Waals surface area contributed by atoms with E-state index < -0.39 is 6.10 Å². The number of aliphatic hydroxyl groups excluding tert-OH is 1. The molecule has 0 amide bonds. The van der Waals surface area contributed by atoms with Gasteiger partial charge in [-0.25, -0.2) is 0 Å². The number of ether oxygens (including phenoxy) is 1. The molecule has 3 unspecified atom stereocenters. The van der Waals surface area contributed by atoms with Crippen LogP contribution in [0.5, 0.6) is 0 Å². The zero-order chi connectivity index (χ0) is 13.4. The molecule has 1 N–H and O–H groups in total. The first-order valence-corrected chi connectivity index (χ1v) is 6.96. The Balaban J connectivity index is 2.07. The van der Waals surface area contributed by atoms with Crippen molar-refractivity contribution in [3.05, 3.63) is 47.5 Å². The predicted octanol–water partition coefficient (Wildman–Crippen LogP) is 3.61. The van der Waals surface area contributed by atoms with Crippen molar-refractivity contribution in [3.63, 3.8) is 0 Å². The molecule has 0 aromatic heterocycles. The maximum absolute atomic E-state index is 10.7. The van der Waals surface area contributed by atoms with Gasteiger partial charge in [0.2, 0.25) is 0 Å². The Morgan fingerprint density at radius 2 is 1.89 bits per heavy atom. The summed E-state index contributed by atoms with van der Waals surface area (Å²) in [6, 6.07) is 12.4. The van der Waals surface area contributed by atoms with Crippen LogP contribution in [0.15, 0.2) is 36.4 Å². The maximum Gasteiger partial charge on any atom is 0.106 e. The van der Waals surface area contributed by atoms with E-state index in [2.05, 4.69) is 32.0 Å². The molecule has 1 saturated heterocycles. The zero-order valence-corrected chi connectivity index (χ0v) is 11.5. The van der Waals surface area contributed by atoms with Crippen LogP contribution in [0.25, 0.3) is 10.8 Å². The number of rotatable bonds is 2. The normalized spacial score (nSPS) is 24.8. The minimum absolute atomic E-state index is 0.0777. The van der Waals surface area contributed by atoms with Gasteiger partial charge in [-0.1, -0.05) is 43.3 Å². The summed E-state index contributed by atoms with van der Waals surface area (Å²) in [5, 5.41) is 13.0. The molecule has 0 aliphatic carbocycles. The second-order valence-corrected chi connectivity index (χ2v) is 5.56. The molecule has 0 bridgehead atoms. The van der Waals surface area contributed by atoms with Gasteiger partial charge in [-0.15, -0.1) is 0 Å². The molecule has 19 heavy (non-hydrogen) atoms. The standard InChI is InChI=1S/C17H20O2/c1-11-7-8-15(14-6-4-3-5-13(11)14)16(18)17-12(2)9-10-19-17/h3-8,12,16-18H,9-10H2,1-2H3. The number of benzene rings is 2. The van der Waals surface area contributed by atoms with Crippen molar-refractivity contribution >= 4 is 10.8 Å². The van der Waals surface area contributed by atoms with E-state index in [1.54, 1.807) is 0 Å². The van der Waals surface area contributed by atoms with Crippen LogP contribution >= 0.6 is 0 Å². The zero-order valence-electron chi connectivity index (χ0n) is 11.5. The van der Waals surface area contributed by atoms with E-state index in [1.807, 2.05) is 18.2 Å². The van der Waals surface area contributed by atoms with Gasteiger partial charge < -0.3 is 9.84 Å². The minimum atomic E-state index is -0.539. The van der Waals surface area contributed by atoms with Crippen LogP contribution in [-0.2, 0) is 4.74 Å². The van der Waals surface area contributed by atoms with E-state index in [0.717, 1.165) is 24.0 Å². The van der Waals surface area contributed by atoms with E-state index in [-0.39, 0.29) is 6.10 Å². The van der Waals surface area contributed by atoms with E-state index in [9.17, 15) is 5.11 Å². The Labute approximate surface area is 114 Å². The van der Waals surface area contributed by atoms with Gasteiger partial charge in [0.1, 0.15) is 6.10 Å². The molecular weight excluding hydrogens is 236 g/mol. The van der Waals surface area contributed by atoms with Crippen LogP contribution < -0.4 is 0 Å². The third-order valence-corrected chi connectivity index (χ3v) is 4.25. The average Bonchev–Trinajstić information content (AvgIpc) is 2.85. The summed E-state index contributed by atoms with van der Waals surface area (Å²) >= 11 is 0. The smallest absolute Gasteiger partial charge is 0.106 e. The third-order valence-electron chi connectivity index (χ3n) is 4.25. The lowest BCUT2D eigenvalue weighted by Gasteiger charge is -2.23. The monoisotopic (exact) mass is 256 g/mol. The first kappa shape index (κ1) is 12.6. The lowest BCUT2D eigenvalue weighted by molar-refractivity contribution is -0.0171. The maximum atomic E-state index is 10.7. The minimum Gasteiger partial charge on any atom is -0.386 e. The van der Waals surface area contributed by atoms with E-state index in [0.29, 0.717) is 5.92 Å². The van der Waals surface area contributed by atoms with Crippen LogP contribution in [-0.4, -0.2) is 17.8 Å². The molecule has 3 rings (SSSR count). The lowest BCUT2D eigenvalue weighted by Crippen LogP contribution is -2.23. The van der Waals surface area contributed by atoms with Crippen molar-refractivity contribution in [1.29, 1.82) is 0 Å². The van der Waals surface area contributed by atoms with Crippen molar-refractivity contribution in [2.24, 2.45) is 5.92 Å².